The summed E-state index contributed by atoms with van der Waals surface area (Å²) in [6.07, 6.45) is 6.97. The molecule has 1 fully saturated rings. The number of aryl methyl sites for hydroxylation is 1. The van der Waals surface area contributed by atoms with Crippen molar-refractivity contribution in [3.05, 3.63) is 64.4 Å². The minimum Gasteiger partial charge on any atom is -0.381 e. The number of nitrogen functional groups attached to an aromatic ring is 1. The van der Waals surface area contributed by atoms with Gasteiger partial charge >= 0.3 is 0 Å². The van der Waals surface area contributed by atoms with Gasteiger partial charge in [0.1, 0.15) is 0 Å². The Morgan fingerprint density at radius 3 is 2.89 bits per heavy atom. The van der Waals surface area contributed by atoms with E-state index in [0.29, 0.717) is 43.1 Å². The summed E-state index contributed by atoms with van der Waals surface area (Å²) < 4.78 is 6.84. The molecule has 0 radical (unpaired) electrons. The number of likely N-dealkylation sites (N-methyl/N-ethyl adjacent to an activating group) is 1. The first-order valence-corrected chi connectivity index (χ1v) is 12.1. The first-order chi connectivity index (χ1) is 17.4. The molecule has 4 heterocycles. The monoisotopic (exact) mass is 486 g/mol. The molecular weight excluding hydrogens is 456 g/mol. The van der Waals surface area contributed by atoms with E-state index < -0.39 is 5.54 Å². The highest BCUT2D eigenvalue weighted by Gasteiger charge is 2.39. The quantitative estimate of drug-likeness (QED) is 0.532. The number of rotatable bonds is 5. The molecule has 1 amide bonds. The first kappa shape index (κ1) is 23.9. The van der Waals surface area contributed by atoms with Crippen LogP contribution in [0.2, 0.25) is 0 Å². The molecule has 36 heavy (non-hydrogen) atoms. The number of nitrogens with one attached hydrogen (secondary N) is 1. The van der Waals surface area contributed by atoms with Crippen LogP contribution in [0.25, 0.3) is 21.9 Å². The van der Waals surface area contributed by atoms with Gasteiger partial charge in [0.15, 0.2) is 11.6 Å². The number of nitrogens with zero attached hydrogens (tertiary/aromatic N) is 6. The molecule has 0 unspecified atom stereocenters. The molecule has 1 aromatic carbocycles. The van der Waals surface area contributed by atoms with Gasteiger partial charge in [-0.3, -0.25) is 4.79 Å². The molecule has 186 valence electrons. The maximum Gasteiger partial charge on any atom is 0.254 e. The molecule has 2 aliphatic heterocycles. The molecule has 0 aliphatic carbocycles. The van der Waals surface area contributed by atoms with Gasteiger partial charge in [0.05, 0.1) is 56.3 Å². The second-order valence-electron chi connectivity index (χ2n) is 9.69. The summed E-state index contributed by atoms with van der Waals surface area (Å²) in [6.45, 7) is 13.0. The van der Waals surface area contributed by atoms with Crippen molar-refractivity contribution in [2.45, 2.75) is 38.3 Å². The number of benzene rings is 1. The van der Waals surface area contributed by atoms with Crippen LogP contribution in [0.3, 0.4) is 0 Å². The average Bonchev–Trinajstić information content (AvgIpc) is 3.38. The van der Waals surface area contributed by atoms with Gasteiger partial charge in [-0.05, 0) is 49.2 Å². The zero-order chi connectivity index (χ0) is 25.3. The van der Waals surface area contributed by atoms with Crippen molar-refractivity contribution in [2.24, 2.45) is 0 Å². The highest BCUT2D eigenvalue weighted by Crippen LogP contribution is 2.29. The number of fused-ring (bicyclic) bond motifs is 1. The summed E-state index contributed by atoms with van der Waals surface area (Å²) in [6, 6.07) is 4.31. The third-order valence-corrected chi connectivity index (χ3v) is 7.13. The zero-order valence-electron chi connectivity index (χ0n) is 20.6. The van der Waals surface area contributed by atoms with Crippen molar-refractivity contribution < 1.29 is 9.53 Å². The summed E-state index contributed by atoms with van der Waals surface area (Å²) in [5.74, 6) is 0.284. The smallest absolute Gasteiger partial charge is 0.254 e. The van der Waals surface area contributed by atoms with Gasteiger partial charge in [0.25, 0.3) is 11.4 Å². The first-order valence-electron chi connectivity index (χ1n) is 12.1. The van der Waals surface area contributed by atoms with E-state index in [1.54, 1.807) is 12.4 Å². The van der Waals surface area contributed by atoms with Crippen molar-refractivity contribution >= 4 is 11.7 Å². The van der Waals surface area contributed by atoms with Crippen molar-refractivity contribution in [1.29, 1.82) is 0 Å². The Bertz CT molecular complexity index is 1340. The number of ether oxygens (including phenoxy) is 1. The van der Waals surface area contributed by atoms with E-state index in [1.807, 2.05) is 0 Å². The Morgan fingerprint density at radius 1 is 1.31 bits per heavy atom. The van der Waals surface area contributed by atoms with Crippen molar-refractivity contribution in [3.63, 3.8) is 0 Å². The second-order valence-corrected chi connectivity index (χ2v) is 9.69. The number of carbonyl (C=O) groups is 1. The molecule has 3 aromatic rings. The number of carbonyl (C=O) groups excluding carboxylic acids is 1. The standard InChI is InChI=1S/C26H30N8O2/c1-17-10-18(11-19-14-33(3)7-4-21(17)19)22-13-29-23(27)24(32-22)34-15-20(12-31-34)25(35)30-16-26(28-2)5-8-36-9-6-26/h10-13,15H,4-9,14,16H2,1,3H3,(H2,27,29)(H,30,35). The van der Waals surface area contributed by atoms with Gasteiger partial charge in [-0.1, -0.05) is 0 Å². The predicted octanol–water partition coefficient (Wildman–Crippen LogP) is 2.41. The molecule has 2 aromatic heterocycles. The maximum atomic E-state index is 12.8. The highest BCUT2D eigenvalue weighted by molar-refractivity contribution is 5.93. The molecule has 0 atom stereocenters. The third-order valence-electron chi connectivity index (χ3n) is 7.13. The SMILES string of the molecule is [C-]#[N+]C1(CNC(=O)c2cnn(-c3nc(-c4cc(C)c5c(c4)CN(C)CC5)cnc3N)c2)CCOCC1. The van der Waals surface area contributed by atoms with Crippen LogP contribution in [-0.2, 0) is 17.7 Å². The molecule has 2 aliphatic rings. The van der Waals surface area contributed by atoms with Crippen molar-refractivity contribution in [2.75, 3.05) is 39.1 Å². The van der Waals surface area contributed by atoms with Crippen LogP contribution in [-0.4, -0.2) is 69.4 Å². The summed E-state index contributed by atoms with van der Waals surface area (Å²) >= 11 is 0. The molecule has 0 bridgehead atoms. The molecule has 5 rings (SSSR count). The lowest BCUT2D eigenvalue weighted by molar-refractivity contribution is 0.0632. The Morgan fingerprint density at radius 2 is 2.11 bits per heavy atom. The number of hydrogen-bond donors (Lipinski definition) is 2. The molecule has 10 heteroatoms. The fourth-order valence-electron chi connectivity index (χ4n) is 4.89. The molecule has 3 N–H and O–H groups in total. The van der Waals surface area contributed by atoms with Gasteiger partial charge < -0.3 is 25.5 Å². The van der Waals surface area contributed by atoms with E-state index in [4.69, 9.17) is 22.0 Å². The Labute approximate surface area is 210 Å². The third kappa shape index (κ3) is 4.67. The number of anilines is 1. The molecule has 0 spiro atoms. The van der Waals surface area contributed by atoms with Gasteiger partial charge in [0.2, 0.25) is 0 Å². The number of nitrogens with two attached hydrogens (primary N) is 1. The lowest BCUT2D eigenvalue weighted by Crippen LogP contribution is -2.44. The predicted molar refractivity (Wildman–Crippen MR) is 135 cm³/mol. The van der Waals surface area contributed by atoms with Crippen LogP contribution in [0.5, 0.6) is 0 Å². The Hall–Kier alpha value is -3.81. The van der Waals surface area contributed by atoms with Crippen molar-refractivity contribution in [1.82, 2.24) is 30.0 Å². The summed E-state index contributed by atoms with van der Waals surface area (Å²) in [5.41, 5.74) is 11.5. The average molecular weight is 487 g/mol. The molecular formula is C26H30N8O2. The van der Waals surface area contributed by atoms with E-state index in [9.17, 15) is 4.79 Å². The van der Waals surface area contributed by atoms with E-state index >= 15 is 0 Å². The number of aromatic nitrogens is 4. The topological polar surface area (TPSA) is 116 Å². The van der Waals surface area contributed by atoms with E-state index in [-0.39, 0.29) is 18.3 Å². The van der Waals surface area contributed by atoms with Crippen LogP contribution in [0.15, 0.2) is 30.7 Å². The van der Waals surface area contributed by atoms with Gasteiger partial charge in [-0.2, -0.15) is 5.10 Å². The maximum absolute atomic E-state index is 12.8. The van der Waals surface area contributed by atoms with Crippen LogP contribution in [0, 0.1) is 13.5 Å². The molecule has 10 nitrogen and oxygen atoms in total. The van der Waals surface area contributed by atoms with E-state index in [1.165, 1.54) is 27.6 Å². The van der Waals surface area contributed by atoms with Gasteiger partial charge in [-0.25, -0.2) is 21.2 Å². The summed E-state index contributed by atoms with van der Waals surface area (Å²) in [7, 11) is 2.13. The Balaban J connectivity index is 1.37. The summed E-state index contributed by atoms with van der Waals surface area (Å²) in [5, 5.41) is 7.20. The second kappa shape index (κ2) is 9.68. The molecule has 0 saturated carbocycles. The fourth-order valence-corrected chi connectivity index (χ4v) is 4.89. The van der Waals surface area contributed by atoms with E-state index in [0.717, 1.165) is 25.1 Å². The van der Waals surface area contributed by atoms with Crippen LogP contribution in [0.4, 0.5) is 5.82 Å². The van der Waals surface area contributed by atoms with E-state index in [2.05, 4.69) is 51.2 Å². The van der Waals surface area contributed by atoms with Crippen LogP contribution >= 0.6 is 0 Å². The lowest BCUT2D eigenvalue weighted by atomic mass is 9.91. The fraction of sp³-hybridized carbons (Fsp3) is 0.423. The lowest BCUT2D eigenvalue weighted by Gasteiger charge is -2.27. The van der Waals surface area contributed by atoms with Gasteiger partial charge in [0, 0.05) is 24.8 Å². The highest BCUT2D eigenvalue weighted by atomic mass is 16.5. The van der Waals surface area contributed by atoms with Crippen LogP contribution < -0.4 is 11.1 Å². The van der Waals surface area contributed by atoms with Gasteiger partial charge in [-0.15, -0.1) is 0 Å². The zero-order valence-corrected chi connectivity index (χ0v) is 20.6. The molecule has 1 saturated heterocycles. The number of hydrogen-bond acceptors (Lipinski definition) is 7. The number of amides is 1. The largest absolute Gasteiger partial charge is 0.381 e. The minimum absolute atomic E-state index is 0.220. The van der Waals surface area contributed by atoms with Crippen molar-refractivity contribution in [3.8, 4) is 17.1 Å². The normalized spacial score (nSPS) is 17.2. The summed E-state index contributed by atoms with van der Waals surface area (Å²) in [4.78, 5) is 28.0. The Kier molecular flexibility index (Phi) is 6.43. The minimum atomic E-state index is -0.615. The van der Waals surface area contributed by atoms with Crippen LogP contribution in [0.1, 0.15) is 39.9 Å².